The first-order valence-corrected chi connectivity index (χ1v) is 10.8. The van der Waals surface area contributed by atoms with Crippen molar-refractivity contribution in [2.24, 2.45) is 17.6 Å². The number of rotatable bonds is 11. The van der Waals surface area contributed by atoms with E-state index in [0.717, 1.165) is 16.5 Å². The molecule has 1 heterocycles. The second-order valence-electron chi connectivity index (χ2n) is 8.57. The van der Waals surface area contributed by atoms with Crippen molar-refractivity contribution in [1.29, 1.82) is 0 Å². The summed E-state index contributed by atoms with van der Waals surface area (Å²) < 4.78 is 0. The Morgan fingerprint density at radius 3 is 2.39 bits per heavy atom. The van der Waals surface area contributed by atoms with Gasteiger partial charge in [-0.15, -0.1) is 0 Å². The number of carboxylic acid groups (broad SMARTS) is 1. The Balaban J connectivity index is 2.14. The van der Waals surface area contributed by atoms with Gasteiger partial charge in [-0.05, 0) is 29.9 Å². The summed E-state index contributed by atoms with van der Waals surface area (Å²) in [4.78, 5) is 40.5. The van der Waals surface area contributed by atoms with E-state index in [1.807, 2.05) is 52.0 Å². The molecule has 4 atom stereocenters. The molecular formula is C23H34N4O4. The van der Waals surface area contributed by atoms with E-state index in [2.05, 4.69) is 15.6 Å². The molecule has 0 saturated carbocycles. The molecule has 6 N–H and O–H groups in total. The normalized spacial score (nSPS) is 15.3. The molecule has 170 valence electrons. The van der Waals surface area contributed by atoms with Crippen molar-refractivity contribution < 1.29 is 19.5 Å². The second kappa shape index (κ2) is 10.9. The molecule has 0 saturated heterocycles. The van der Waals surface area contributed by atoms with Gasteiger partial charge in [0.25, 0.3) is 0 Å². The van der Waals surface area contributed by atoms with E-state index < -0.39 is 35.9 Å². The third-order valence-electron chi connectivity index (χ3n) is 5.57. The molecule has 0 unspecified atom stereocenters. The van der Waals surface area contributed by atoms with Crippen LogP contribution in [0.1, 0.15) is 46.1 Å². The Morgan fingerprint density at radius 2 is 1.77 bits per heavy atom. The zero-order valence-electron chi connectivity index (χ0n) is 18.6. The van der Waals surface area contributed by atoms with Crippen molar-refractivity contribution >= 4 is 28.7 Å². The van der Waals surface area contributed by atoms with Crippen LogP contribution in [0.4, 0.5) is 0 Å². The molecule has 1 aromatic carbocycles. The molecule has 0 aliphatic rings. The molecule has 2 aromatic rings. The number of H-pyrrole nitrogens is 1. The Hall–Kier alpha value is -2.87. The molecule has 0 aliphatic heterocycles. The van der Waals surface area contributed by atoms with Crippen LogP contribution in [0.25, 0.3) is 10.9 Å². The maximum atomic E-state index is 13.0. The number of aromatic amines is 1. The molecule has 0 bridgehead atoms. The van der Waals surface area contributed by atoms with Crippen LogP contribution in [0.3, 0.4) is 0 Å². The molecule has 0 radical (unpaired) electrons. The summed E-state index contributed by atoms with van der Waals surface area (Å²) in [5.74, 6) is -2.00. The molecule has 1 aromatic heterocycles. The Labute approximate surface area is 183 Å². The van der Waals surface area contributed by atoms with Crippen LogP contribution >= 0.6 is 0 Å². The van der Waals surface area contributed by atoms with Gasteiger partial charge in [-0.25, -0.2) is 4.79 Å². The molecule has 8 nitrogen and oxygen atoms in total. The van der Waals surface area contributed by atoms with Gasteiger partial charge >= 0.3 is 5.97 Å². The molecular weight excluding hydrogens is 396 g/mol. The molecule has 0 spiro atoms. The number of aliphatic carboxylic acids is 1. The van der Waals surface area contributed by atoms with Crippen molar-refractivity contribution in [3.8, 4) is 0 Å². The minimum atomic E-state index is -1.13. The first-order chi connectivity index (χ1) is 14.6. The van der Waals surface area contributed by atoms with Crippen molar-refractivity contribution in [1.82, 2.24) is 15.6 Å². The van der Waals surface area contributed by atoms with Crippen LogP contribution in [0.15, 0.2) is 30.5 Å². The lowest BCUT2D eigenvalue weighted by Gasteiger charge is -2.27. The fraction of sp³-hybridized carbons (Fsp3) is 0.522. The fourth-order valence-electron chi connectivity index (χ4n) is 3.56. The van der Waals surface area contributed by atoms with Gasteiger partial charge in [0.2, 0.25) is 11.8 Å². The summed E-state index contributed by atoms with van der Waals surface area (Å²) >= 11 is 0. The number of carboxylic acids is 1. The second-order valence-corrected chi connectivity index (χ2v) is 8.57. The predicted octanol–water partition coefficient (Wildman–Crippen LogP) is 2.18. The van der Waals surface area contributed by atoms with Gasteiger partial charge in [-0.3, -0.25) is 9.59 Å². The van der Waals surface area contributed by atoms with Gasteiger partial charge in [0.05, 0.1) is 6.04 Å². The summed E-state index contributed by atoms with van der Waals surface area (Å²) in [6, 6.07) is 4.87. The van der Waals surface area contributed by atoms with Gasteiger partial charge in [0.1, 0.15) is 12.1 Å². The summed E-state index contributed by atoms with van der Waals surface area (Å²) in [6.07, 6.45) is 3.02. The van der Waals surface area contributed by atoms with Crippen LogP contribution in [0.5, 0.6) is 0 Å². The number of nitrogens with one attached hydrogen (secondary N) is 3. The smallest absolute Gasteiger partial charge is 0.326 e. The van der Waals surface area contributed by atoms with Crippen LogP contribution in [-0.2, 0) is 20.8 Å². The van der Waals surface area contributed by atoms with E-state index in [9.17, 15) is 19.5 Å². The van der Waals surface area contributed by atoms with E-state index in [1.165, 1.54) is 0 Å². The van der Waals surface area contributed by atoms with Crippen LogP contribution in [0.2, 0.25) is 0 Å². The molecule has 0 aliphatic carbocycles. The summed E-state index contributed by atoms with van der Waals surface area (Å²) in [5, 5.41) is 16.0. The van der Waals surface area contributed by atoms with E-state index in [4.69, 9.17) is 5.73 Å². The average Bonchev–Trinajstić information content (AvgIpc) is 3.13. The van der Waals surface area contributed by atoms with Gasteiger partial charge < -0.3 is 26.5 Å². The van der Waals surface area contributed by atoms with Gasteiger partial charge in [0, 0.05) is 23.5 Å². The maximum absolute atomic E-state index is 13.0. The number of carbonyl (C=O) groups excluding carboxylic acids is 2. The molecule has 2 rings (SSSR count). The Bertz CT molecular complexity index is 908. The van der Waals surface area contributed by atoms with Crippen molar-refractivity contribution in [2.45, 2.75) is 65.1 Å². The number of hydrogen-bond acceptors (Lipinski definition) is 4. The summed E-state index contributed by atoms with van der Waals surface area (Å²) in [5.41, 5.74) is 7.66. The lowest BCUT2D eigenvalue weighted by molar-refractivity contribution is -0.142. The van der Waals surface area contributed by atoms with Crippen molar-refractivity contribution in [3.63, 3.8) is 0 Å². The predicted molar refractivity (Wildman–Crippen MR) is 120 cm³/mol. The van der Waals surface area contributed by atoms with E-state index in [-0.39, 0.29) is 18.3 Å². The topological polar surface area (TPSA) is 137 Å². The molecule has 8 heteroatoms. The van der Waals surface area contributed by atoms with Gasteiger partial charge in [0.15, 0.2) is 0 Å². The highest BCUT2D eigenvalue weighted by Crippen LogP contribution is 2.19. The third kappa shape index (κ3) is 6.55. The van der Waals surface area contributed by atoms with E-state index in [1.54, 1.807) is 6.20 Å². The highest BCUT2D eigenvalue weighted by molar-refractivity contribution is 5.92. The number of nitrogens with two attached hydrogens (primary N) is 1. The monoisotopic (exact) mass is 430 g/mol. The average molecular weight is 431 g/mol. The quantitative estimate of drug-likeness (QED) is 0.372. The number of carbonyl (C=O) groups is 3. The summed E-state index contributed by atoms with van der Waals surface area (Å²) in [7, 11) is 0. The van der Waals surface area contributed by atoms with Crippen LogP contribution in [-0.4, -0.2) is 46.0 Å². The van der Waals surface area contributed by atoms with Crippen molar-refractivity contribution in [2.75, 3.05) is 0 Å². The summed E-state index contributed by atoms with van der Waals surface area (Å²) in [6.45, 7) is 7.68. The minimum Gasteiger partial charge on any atom is -0.480 e. The van der Waals surface area contributed by atoms with E-state index in [0.29, 0.717) is 12.8 Å². The standard InChI is InChI=1S/C23H34N4O4/c1-5-14(4)20(27-21(28)17(24)10-13(2)3)22(29)26-19(23(30)31)11-15-12-25-18-9-7-6-8-16(15)18/h6-9,12-14,17,19-20,25H,5,10-11,24H2,1-4H3,(H,26,29)(H,27,28)(H,30,31)/t14-,17-,19-,20-/m0/s1. The lowest BCUT2D eigenvalue weighted by Crippen LogP contribution is -2.57. The van der Waals surface area contributed by atoms with E-state index >= 15 is 0 Å². The number of fused-ring (bicyclic) bond motifs is 1. The lowest BCUT2D eigenvalue weighted by atomic mass is 9.96. The van der Waals surface area contributed by atoms with Gasteiger partial charge in [-0.2, -0.15) is 0 Å². The Morgan fingerprint density at radius 1 is 1.10 bits per heavy atom. The highest BCUT2D eigenvalue weighted by Gasteiger charge is 2.31. The fourth-order valence-corrected chi connectivity index (χ4v) is 3.56. The molecule has 0 fully saturated rings. The third-order valence-corrected chi connectivity index (χ3v) is 5.57. The zero-order valence-corrected chi connectivity index (χ0v) is 18.6. The maximum Gasteiger partial charge on any atom is 0.326 e. The SMILES string of the molecule is CC[C@H](C)[C@H](NC(=O)[C@@H](N)CC(C)C)C(=O)N[C@@H](Cc1c[nH]c2ccccc12)C(=O)O. The van der Waals surface area contributed by atoms with Gasteiger partial charge in [-0.1, -0.05) is 52.3 Å². The highest BCUT2D eigenvalue weighted by atomic mass is 16.4. The first-order valence-electron chi connectivity index (χ1n) is 10.8. The van der Waals surface area contributed by atoms with Crippen LogP contribution < -0.4 is 16.4 Å². The number of benzene rings is 1. The Kier molecular flexibility index (Phi) is 8.62. The number of hydrogen-bond donors (Lipinski definition) is 5. The first kappa shape index (κ1) is 24.4. The largest absolute Gasteiger partial charge is 0.480 e. The molecule has 2 amide bonds. The minimum absolute atomic E-state index is 0.124. The molecule has 31 heavy (non-hydrogen) atoms. The number of para-hydroxylation sites is 1. The number of aromatic nitrogens is 1. The van der Waals surface area contributed by atoms with Crippen molar-refractivity contribution in [3.05, 3.63) is 36.0 Å². The van der Waals surface area contributed by atoms with Crippen LogP contribution in [0, 0.1) is 11.8 Å². The number of amides is 2. The zero-order chi connectivity index (χ0) is 23.1.